The number of furan rings is 1. The molecule has 2 N–H and O–H groups in total. The summed E-state index contributed by atoms with van der Waals surface area (Å²) in [5.74, 6) is -1.13. The molecule has 9 nitrogen and oxygen atoms in total. The van der Waals surface area contributed by atoms with Crippen molar-refractivity contribution in [2.24, 2.45) is 0 Å². The Labute approximate surface area is 239 Å². The molecule has 0 bridgehead atoms. The van der Waals surface area contributed by atoms with Gasteiger partial charge < -0.3 is 24.3 Å². The van der Waals surface area contributed by atoms with E-state index in [9.17, 15) is 19.5 Å². The Morgan fingerprint density at radius 1 is 0.976 bits per heavy atom. The molecule has 0 unspecified atom stereocenters. The van der Waals surface area contributed by atoms with Gasteiger partial charge in [0.2, 0.25) is 0 Å². The minimum Gasteiger partial charge on any atom is -0.478 e. The molecule has 0 radical (unpaired) electrons. The van der Waals surface area contributed by atoms with Crippen LogP contribution >= 0.6 is 0 Å². The zero-order valence-corrected chi connectivity index (χ0v) is 23.6. The molecule has 2 aliphatic rings. The van der Waals surface area contributed by atoms with E-state index < -0.39 is 35.8 Å². The van der Waals surface area contributed by atoms with E-state index in [2.05, 4.69) is 29.6 Å². The van der Waals surface area contributed by atoms with Gasteiger partial charge in [-0.3, -0.25) is 4.90 Å². The molecule has 2 amide bonds. The smallest absolute Gasteiger partial charge is 0.410 e. The van der Waals surface area contributed by atoms with Crippen molar-refractivity contribution in [1.82, 2.24) is 10.2 Å². The van der Waals surface area contributed by atoms with E-state index in [-0.39, 0.29) is 30.4 Å². The van der Waals surface area contributed by atoms with Crippen molar-refractivity contribution in [3.63, 3.8) is 0 Å². The van der Waals surface area contributed by atoms with Gasteiger partial charge in [-0.25, -0.2) is 14.4 Å². The highest BCUT2D eigenvalue weighted by Gasteiger charge is 2.38. The number of ether oxygens (including phenoxy) is 2. The number of hydrogen-bond acceptors (Lipinski definition) is 6. The molecule has 0 spiro atoms. The molecular formula is C32H36N2O7. The number of amides is 2. The topological polar surface area (TPSA) is 118 Å². The van der Waals surface area contributed by atoms with E-state index in [0.29, 0.717) is 12.8 Å². The maximum absolute atomic E-state index is 13.9. The van der Waals surface area contributed by atoms with Gasteiger partial charge in [0, 0.05) is 5.92 Å². The standard InChI is InChI=1S/C32H36N2O7/c1-32(2,3)41-30(37)33-26-14-8-9-15-27(26)34(18-28-24(29(35)36)16-17-39-28)31(38)40-19-25-22-12-6-4-10-20(22)21-11-5-7-13-23(21)25/h4-7,10-13,16-17,25-27H,8-9,14-15,18-19H2,1-3H3,(H,33,37)(H,35,36)/t26-,27-/m1/s1. The summed E-state index contributed by atoms with van der Waals surface area (Å²) in [6.45, 7) is 5.38. The van der Waals surface area contributed by atoms with Crippen LogP contribution in [0.25, 0.3) is 11.1 Å². The van der Waals surface area contributed by atoms with Crippen LogP contribution in [0.4, 0.5) is 9.59 Å². The molecule has 0 saturated heterocycles. The van der Waals surface area contributed by atoms with Gasteiger partial charge in [0.25, 0.3) is 0 Å². The third kappa shape index (κ3) is 6.24. The molecule has 216 valence electrons. The summed E-state index contributed by atoms with van der Waals surface area (Å²) < 4.78 is 17.0. The number of alkyl carbamates (subject to hydrolysis) is 1. The minimum absolute atomic E-state index is 0.0195. The van der Waals surface area contributed by atoms with E-state index in [1.807, 2.05) is 24.3 Å². The normalized spacial score (nSPS) is 18.2. The predicted molar refractivity (Wildman–Crippen MR) is 152 cm³/mol. The first-order valence-electron chi connectivity index (χ1n) is 14.0. The molecule has 2 atom stereocenters. The maximum Gasteiger partial charge on any atom is 0.410 e. The molecule has 1 saturated carbocycles. The minimum atomic E-state index is -1.15. The summed E-state index contributed by atoms with van der Waals surface area (Å²) in [5.41, 5.74) is 3.73. The van der Waals surface area contributed by atoms with Crippen molar-refractivity contribution < 1.29 is 33.4 Å². The van der Waals surface area contributed by atoms with Crippen LogP contribution in [0.1, 0.15) is 79.6 Å². The largest absolute Gasteiger partial charge is 0.478 e. The fraction of sp³-hybridized carbons (Fsp3) is 0.406. The summed E-state index contributed by atoms with van der Waals surface area (Å²) in [6.07, 6.45) is 3.10. The monoisotopic (exact) mass is 560 g/mol. The molecule has 1 aromatic heterocycles. The Morgan fingerprint density at radius 2 is 1.61 bits per heavy atom. The average molecular weight is 561 g/mol. The summed E-state index contributed by atoms with van der Waals surface area (Å²) >= 11 is 0. The second-order valence-corrected chi connectivity index (χ2v) is 11.6. The van der Waals surface area contributed by atoms with Crippen molar-refractivity contribution in [3.05, 3.63) is 83.3 Å². The fourth-order valence-corrected chi connectivity index (χ4v) is 5.91. The molecular weight excluding hydrogens is 524 g/mol. The number of hydrogen-bond donors (Lipinski definition) is 2. The lowest BCUT2D eigenvalue weighted by Gasteiger charge is -2.39. The molecule has 1 heterocycles. The van der Waals surface area contributed by atoms with Crippen LogP contribution in [0, 0.1) is 0 Å². The fourth-order valence-electron chi connectivity index (χ4n) is 5.91. The number of carboxylic acids is 1. The summed E-state index contributed by atoms with van der Waals surface area (Å²) in [4.78, 5) is 39.9. The lowest BCUT2D eigenvalue weighted by Crippen LogP contribution is -2.55. The summed E-state index contributed by atoms with van der Waals surface area (Å²) in [5, 5.41) is 12.6. The Bertz CT molecular complexity index is 1380. The van der Waals surface area contributed by atoms with Gasteiger partial charge >= 0.3 is 18.2 Å². The van der Waals surface area contributed by atoms with Gasteiger partial charge in [-0.2, -0.15) is 0 Å². The number of rotatable bonds is 7. The number of fused-ring (bicyclic) bond motifs is 3. The second-order valence-electron chi connectivity index (χ2n) is 11.6. The van der Waals surface area contributed by atoms with Crippen LogP contribution < -0.4 is 5.32 Å². The Morgan fingerprint density at radius 3 is 2.24 bits per heavy atom. The van der Waals surface area contributed by atoms with Crippen molar-refractivity contribution in [1.29, 1.82) is 0 Å². The highest BCUT2D eigenvalue weighted by molar-refractivity contribution is 5.88. The number of carboxylic acid groups (broad SMARTS) is 1. The number of benzene rings is 2. The van der Waals surface area contributed by atoms with Gasteiger partial charge in [0.05, 0.1) is 24.9 Å². The van der Waals surface area contributed by atoms with Crippen LogP contribution in [0.3, 0.4) is 0 Å². The summed E-state index contributed by atoms with van der Waals surface area (Å²) in [6, 6.07) is 16.7. The Balaban J connectivity index is 1.40. The average Bonchev–Trinajstić information content (AvgIpc) is 3.52. The molecule has 3 aromatic rings. The van der Waals surface area contributed by atoms with Gasteiger partial charge in [0.15, 0.2) is 0 Å². The van der Waals surface area contributed by atoms with E-state index in [0.717, 1.165) is 35.1 Å². The summed E-state index contributed by atoms with van der Waals surface area (Å²) in [7, 11) is 0. The molecule has 1 fully saturated rings. The zero-order valence-electron chi connectivity index (χ0n) is 23.6. The van der Waals surface area contributed by atoms with Crippen LogP contribution in [-0.4, -0.2) is 52.5 Å². The Kier molecular flexibility index (Phi) is 8.06. The maximum atomic E-state index is 13.9. The van der Waals surface area contributed by atoms with Gasteiger partial charge in [-0.15, -0.1) is 0 Å². The third-order valence-electron chi connectivity index (χ3n) is 7.69. The first kappa shape index (κ1) is 28.3. The van der Waals surface area contributed by atoms with Crippen LogP contribution in [0.15, 0.2) is 65.3 Å². The first-order valence-corrected chi connectivity index (χ1v) is 14.0. The van der Waals surface area contributed by atoms with E-state index >= 15 is 0 Å². The van der Waals surface area contributed by atoms with E-state index in [1.165, 1.54) is 17.2 Å². The van der Waals surface area contributed by atoms with Crippen molar-refractivity contribution in [2.45, 2.75) is 76.6 Å². The highest BCUT2D eigenvalue weighted by atomic mass is 16.6. The molecule has 2 aromatic carbocycles. The lowest BCUT2D eigenvalue weighted by atomic mass is 9.89. The number of nitrogens with one attached hydrogen (secondary N) is 1. The van der Waals surface area contributed by atoms with Crippen molar-refractivity contribution in [2.75, 3.05) is 6.61 Å². The molecule has 9 heteroatoms. The number of carbonyl (C=O) groups is 3. The second kappa shape index (κ2) is 11.7. The molecule has 5 rings (SSSR count). The SMILES string of the molecule is CC(C)(C)OC(=O)N[C@@H]1CCCC[C@H]1N(Cc1occc1C(=O)O)C(=O)OCC1c2ccccc2-c2ccccc21. The van der Waals surface area contributed by atoms with Crippen molar-refractivity contribution in [3.8, 4) is 11.1 Å². The van der Waals surface area contributed by atoms with Crippen molar-refractivity contribution >= 4 is 18.2 Å². The van der Waals surface area contributed by atoms with Gasteiger partial charge in [0.1, 0.15) is 23.5 Å². The third-order valence-corrected chi connectivity index (χ3v) is 7.69. The van der Waals surface area contributed by atoms with Crippen LogP contribution in [0.2, 0.25) is 0 Å². The number of carbonyl (C=O) groups excluding carboxylic acids is 2. The van der Waals surface area contributed by atoms with Gasteiger partial charge in [-0.1, -0.05) is 61.4 Å². The highest BCUT2D eigenvalue weighted by Crippen LogP contribution is 2.44. The van der Waals surface area contributed by atoms with E-state index in [1.54, 1.807) is 20.8 Å². The van der Waals surface area contributed by atoms with E-state index in [4.69, 9.17) is 13.9 Å². The Hall–Kier alpha value is -4.27. The molecule has 2 aliphatic carbocycles. The molecule has 41 heavy (non-hydrogen) atoms. The van der Waals surface area contributed by atoms with Crippen LogP contribution in [0.5, 0.6) is 0 Å². The first-order chi connectivity index (χ1) is 19.6. The quantitative estimate of drug-likeness (QED) is 0.336. The van der Waals surface area contributed by atoms with Gasteiger partial charge in [-0.05, 0) is 61.9 Å². The zero-order chi connectivity index (χ0) is 29.1. The predicted octanol–water partition coefficient (Wildman–Crippen LogP) is 6.56. The lowest BCUT2D eigenvalue weighted by molar-refractivity contribution is 0.0355. The number of aromatic carboxylic acids is 1. The van der Waals surface area contributed by atoms with Crippen LogP contribution in [-0.2, 0) is 16.0 Å². The number of nitrogens with zero attached hydrogens (tertiary/aromatic N) is 1. The molecule has 0 aliphatic heterocycles.